The minimum atomic E-state index is -0.350. The van der Waals surface area contributed by atoms with E-state index in [1.807, 2.05) is 43.3 Å². The summed E-state index contributed by atoms with van der Waals surface area (Å²) in [6.07, 6.45) is 0. The van der Waals surface area contributed by atoms with Crippen LogP contribution in [-0.4, -0.2) is 32.9 Å². The van der Waals surface area contributed by atoms with Gasteiger partial charge in [-0.3, -0.25) is 0 Å². The minimum absolute atomic E-state index is 0.205. The van der Waals surface area contributed by atoms with E-state index in [-0.39, 0.29) is 19.2 Å². The first-order valence-corrected chi connectivity index (χ1v) is 8.22. The SMILES string of the molecule is CCOc1ccccc1NC(=O)NCC#CCOc1ccccc1OC. The molecule has 0 radical (unpaired) electrons. The molecule has 26 heavy (non-hydrogen) atoms. The number of nitrogens with one attached hydrogen (secondary N) is 2. The molecule has 136 valence electrons. The van der Waals surface area contributed by atoms with Gasteiger partial charge in [0.2, 0.25) is 0 Å². The van der Waals surface area contributed by atoms with E-state index in [1.165, 1.54) is 0 Å². The highest BCUT2D eigenvalue weighted by atomic mass is 16.5. The van der Waals surface area contributed by atoms with Crippen molar-refractivity contribution in [2.75, 3.05) is 32.2 Å². The Hall–Kier alpha value is -3.33. The van der Waals surface area contributed by atoms with Gasteiger partial charge in [-0.05, 0) is 31.2 Å². The third-order valence-electron chi connectivity index (χ3n) is 3.27. The predicted molar refractivity (Wildman–Crippen MR) is 101 cm³/mol. The van der Waals surface area contributed by atoms with Gasteiger partial charge in [0.25, 0.3) is 0 Å². The number of para-hydroxylation sites is 4. The molecule has 0 fully saturated rings. The first-order chi connectivity index (χ1) is 12.7. The van der Waals surface area contributed by atoms with Gasteiger partial charge in [-0.25, -0.2) is 4.79 Å². The largest absolute Gasteiger partial charge is 0.493 e. The molecule has 2 N–H and O–H groups in total. The summed E-state index contributed by atoms with van der Waals surface area (Å²) < 4.78 is 16.2. The number of carbonyl (C=O) groups is 1. The summed E-state index contributed by atoms with van der Waals surface area (Å²) in [5.74, 6) is 7.58. The first kappa shape index (κ1) is 19.0. The molecule has 0 spiro atoms. The fourth-order valence-corrected chi connectivity index (χ4v) is 2.11. The molecule has 0 saturated heterocycles. The smallest absolute Gasteiger partial charge is 0.320 e. The third-order valence-corrected chi connectivity index (χ3v) is 3.27. The zero-order valence-corrected chi connectivity index (χ0v) is 14.9. The Kier molecular flexibility index (Phi) is 7.69. The second-order valence-electron chi connectivity index (χ2n) is 5.03. The molecule has 2 aromatic rings. The Morgan fingerprint density at radius 1 is 0.962 bits per heavy atom. The van der Waals surface area contributed by atoms with E-state index in [0.29, 0.717) is 29.5 Å². The number of ether oxygens (including phenoxy) is 3. The van der Waals surface area contributed by atoms with Gasteiger partial charge in [-0.2, -0.15) is 0 Å². The van der Waals surface area contributed by atoms with Crippen LogP contribution < -0.4 is 24.8 Å². The quantitative estimate of drug-likeness (QED) is 0.749. The lowest BCUT2D eigenvalue weighted by Crippen LogP contribution is -2.29. The summed E-state index contributed by atoms with van der Waals surface area (Å²) in [5.41, 5.74) is 0.610. The predicted octanol–water partition coefficient (Wildman–Crippen LogP) is 3.30. The first-order valence-electron chi connectivity index (χ1n) is 8.22. The molecule has 0 bridgehead atoms. The van der Waals surface area contributed by atoms with Crippen molar-refractivity contribution in [1.29, 1.82) is 0 Å². The molecule has 0 atom stereocenters. The summed E-state index contributed by atoms with van der Waals surface area (Å²) in [4.78, 5) is 11.9. The number of rotatable bonds is 7. The van der Waals surface area contributed by atoms with E-state index in [9.17, 15) is 4.79 Å². The number of carbonyl (C=O) groups excluding carboxylic acids is 1. The van der Waals surface area contributed by atoms with Crippen LogP contribution in [-0.2, 0) is 0 Å². The Morgan fingerprint density at radius 3 is 2.38 bits per heavy atom. The second kappa shape index (κ2) is 10.5. The van der Waals surface area contributed by atoms with Crippen LogP contribution in [0.5, 0.6) is 17.2 Å². The molecule has 0 heterocycles. The Balaban J connectivity index is 1.75. The van der Waals surface area contributed by atoms with E-state index >= 15 is 0 Å². The van der Waals surface area contributed by atoms with Crippen molar-refractivity contribution < 1.29 is 19.0 Å². The van der Waals surface area contributed by atoms with Crippen molar-refractivity contribution in [3.63, 3.8) is 0 Å². The van der Waals surface area contributed by atoms with Crippen molar-refractivity contribution in [3.05, 3.63) is 48.5 Å². The number of urea groups is 1. The van der Waals surface area contributed by atoms with Crippen LogP contribution >= 0.6 is 0 Å². The zero-order chi connectivity index (χ0) is 18.6. The maximum absolute atomic E-state index is 11.9. The molecular weight excluding hydrogens is 332 g/mol. The van der Waals surface area contributed by atoms with Crippen molar-refractivity contribution in [3.8, 4) is 29.1 Å². The minimum Gasteiger partial charge on any atom is -0.493 e. The molecule has 6 nitrogen and oxygen atoms in total. The molecule has 0 saturated carbocycles. The summed E-state index contributed by atoms with van der Waals surface area (Å²) in [5, 5.41) is 5.40. The number of hydrogen-bond donors (Lipinski definition) is 2. The fourth-order valence-electron chi connectivity index (χ4n) is 2.11. The maximum Gasteiger partial charge on any atom is 0.320 e. The lowest BCUT2D eigenvalue weighted by atomic mass is 10.3. The van der Waals surface area contributed by atoms with Crippen LogP contribution in [0.25, 0.3) is 0 Å². The van der Waals surface area contributed by atoms with E-state index in [0.717, 1.165) is 0 Å². The van der Waals surface area contributed by atoms with Crippen LogP contribution in [0.2, 0.25) is 0 Å². The summed E-state index contributed by atoms with van der Waals surface area (Å²) >= 11 is 0. The molecule has 0 aliphatic carbocycles. The van der Waals surface area contributed by atoms with E-state index in [1.54, 1.807) is 19.2 Å². The van der Waals surface area contributed by atoms with Gasteiger partial charge in [-0.15, -0.1) is 0 Å². The maximum atomic E-state index is 11.9. The van der Waals surface area contributed by atoms with Crippen molar-refractivity contribution in [2.45, 2.75) is 6.92 Å². The average Bonchev–Trinajstić information content (AvgIpc) is 2.66. The average molecular weight is 354 g/mol. The van der Waals surface area contributed by atoms with Gasteiger partial charge in [0, 0.05) is 0 Å². The molecule has 2 aromatic carbocycles. The highest BCUT2D eigenvalue weighted by Crippen LogP contribution is 2.25. The van der Waals surface area contributed by atoms with Gasteiger partial charge < -0.3 is 24.8 Å². The monoisotopic (exact) mass is 354 g/mol. The van der Waals surface area contributed by atoms with Crippen LogP contribution in [0.4, 0.5) is 10.5 Å². The van der Waals surface area contributed by atoms with E-state index in [4.69, 9.17) is 14.2 Å². The third kappa shape index (κ3) is 5.95. The zero-order valence-electron chi connectivity index (χ0n) is 14.9. The lowest BCUT2D eigenvalue weighted by molar-refractivity contribution is 0.253. The van der Waals surface area contributed by atoms with Crippen LogP contribution in [0.3, 0.4) is 0 Å². The normalized spacial score (nSPS) is 9.46. The van der Waals surface area contributed by atoms with E-state index in [2.05, 4.69) is 22.5 Å². The topological polar surface area (TPSA) is 68.8 Å². The molecule has 2 rings (SSSR count). The molecule has 6 heteroatoms. The highest BCUT2D eigenvalue weighted by molar-refractivity contribution is 5.91. The number of methoxy groups -OCH3 is 1. The van der Waals surface area contributed by atoms with Gasteiger partial charge in [0.15, 0.2) is 11.5 Å². The Morgan fingerprint density at radius 2 is 1.65 bits per heavy atom. The molecule has 0 aliphatic rings. The van der Waals surface area contributed by atoms with Crippen molar-refractivity contribution in [2.24, 2.45) is 0 Å². The number of amides is 2. The molecule has 0 aliphatic heterocycles. The van der Waals surface area contributed by atoms with Gasteiger partial charge in [-0.1, -0.05) is 36.1 Å². The van der Waals surface area contributed by atoms with Crippen LogP contribution in [0, 0.1) is 11.8 Å². The number of benzene rings is 2. The second-order valence-corrected chi connectivity index (χ2v) is 5.03. The van der Waals surface area contributed by atoms with Gasteiger partial charge >= 0.3 is 6.03 Å². The molecular formula is C20H22N2O4. The fraction of sp³-hybridized carbons (Fsp3) is 0.250. The summed E-state index contributed by atoms with van der Waals surface area (Å²) in [6, 6.07) is 14.2. The standard InChI is InChI=1S/C20H22N2O4/c1-3-25-17-11-5-4-10-16(17)22-20(23)21-14-8-9-15-26-19-13-7-6-12-18(19)24-2/h4-7,10-13H,3,14-15H2,1-2H3,(H2,21,22,23). The summed E-state index contributed by atoms with van der Waals surface area (Å²) in [7, 11) is 1.58. The molecule has 0 aromatic heterocycles. The number of anilines is 1. The lowest BCUT2D eigenvalue weighted by Gasteiger charge is -2.11. The molecule has 0 unspecified atom stereocenters. The number of hydrogen-bond acceptors (Lipinski definition) is 4. The van der Waals surface area contributed by atoms with E-state index < -0.39 is 0 Å². The summed E-state index contributed by atoms with van der Waals surface area (Å²) in [6.45, 7) is 2.83. The van der Waals surface area contributed by atoms with Gasteiger partial charge in [0.05, 0.1) is 25.9 Å². The van der Waals surface area contributed by atoms with Crippen LogP contribution in [0.15, 0.2) is 48.5 Å². The van der Waals surface area contributed by atoms with Crippen molar-refractivity contribution in [1.82, 2.24) is 5.32 Å². The van der Waals surface area contributed by atoms with Crippen LogP contribution in [0.1, 0.15) is 6.92 Å². The van der Waals surface area contributed by atoms with Crippen molar-refractivity contribution >= 4 is 11.7 Å². The van der Waals surface area contributed by atoms with Gasteiger partial charge in [0.1, 0.15) is 12.4 Å². The Bertz CT molecular complexity index is 781. The highest BCUT2D eigenvalue weighted by Gasteiger charge is 2.05. The molecule has 2 amide bonds. The Labute approximate surface area is 153 Å².